The van der Waals surface area contributed by atoms with Crippen molar-refractivity contribution >= 4 is 38.9 Å². The van der Waals surface area contributed by atoms with Gasteiger partial charge in [-0.3, -0.25) is 9.36 Å². The molecular formula is C21H18N4O4S3. The van der Waals surface area contributed by atoms with E-state index < -0.39 is 15.8 Å². The van der Waals surface area contributed by atoms with Gasteiger partial charge in [0.2, 0.25) is 5.16 Å². The van der Waals surface area contributed by atoms with Crippen LogP contribution in [0.25, 0.3) is 5.69 Å². The van der Waals surface area contributed by atoms with Crippen LogP contribution in [0.3, 0.4) is 0 Å². The molecule has 4 aromatic rings. The van der Waals surface area contributed by atoms with Gasteiger partial charge < -0.3 is 5.11 Å². The summed E-state index contributed by atoms with van der Waals surface area (Å²) in [7, 11) is -3.64. The monoisotopic (exact) mass is 486 g/mol. The minimum atomic E-state index is -3.64. The van der Waals surface area contributed by atoms with Crippen molar-refractivity contribution in [2.45, 2.75) is 33.5 Å². The third-order valence-corrected chi connectivity index (χ3v) is 8.02. The first-order chi connectivity index (χ1) is 15.3. The molecule has 0 bridgehead atoms. The summed E-state index contributed by atoms with van der Waals surface area (Å²) in [5, 5.41) is 19.5. The fourth-order valence-corrected chi connectivity index (χ4v) is 5.99. The first kappa shape index (κ1) is 22.2. The average molecular weight is 487 g/mol. The molecule has 164 valence electrons. The number of aromatic nitrogens is 4. The van der Waals surface area contributed by atoms with Crippen LogP contribution in [0.15, 0.2) is 74.4 Å². The Balaban J connectivity index is 1.69. The van der Waals surface area contributed by atoms with E-state index in [9.17, 15) is 13.2 Å². The van der Waals surface area contributed by atoms with Gasteiger partial charge in [0.1, 0.15) is 5.75 Å². The van der Waals surface area contributed by atoms with Crippen LogP contribution < -0.4 is 0 Å². The molecule has 2 heterocycles. The highest BCUT2D eigenvalue weighted by molar-refractivity contribution is 8.00. The maximum atomic E-state index is 13.0. The second-order valence-corrected chi connectivity index (χ2v) is 11.0. The lowest BCUT2D eigenvalue weighted by molar-refractivity contribution is -0.136. The van der Waals surface area contributed by atoms with Crippen LogP contribution in [0, 0.1) is 6.92 Å². The summed E-state index contributed by atoms with van der Waals surface area (Å²) in [6.45, 7) is 1.90. The molecule has 1 N–H and O–H groups in total. The van der Waals surface area contributed by atoms with Gasteiger partial charge in [-0.1, -0.05) is 35.9 Å². The maximum Gasteiger partial charge on any atom is 0.309 e. The standard InChI is InChI=1S/C21H18N4O4S3/c1-14-7-9-17(10-8-14)32(28,29)13-18-23-24-20(25(18)16-5-3-2-4-6-16)31-21-22-15(12-30-21)11-19(26)27/h2-10,12H,11,13H2,1H3,(H,26,27). The average Bonchev–Trinajstić information content (AvgIpc) is 3.35. The van der Waals surface area contributed by atoms with Crippen molar-refractivity contribution in [1.29, 1.82) is 0 Å². The first-order valence-electron chi connectivity index (χ1n) is 9.45. The van der Waals surface area contributed by atoms with E-state index in [1.165, 1.54) is 23.1 Å². The first-order valence-corrected chi connectivity index (χ1v) is 12.8. The SMILES string of the molecule is Cc1ccc(S(=O)(=O)Cc2nnc(Sc3nc(CC(=O)O)cs3)n2-c2ccccc2)cc1. The minimum absolute atomic E-state index is 0.164. The quantitative estimate of drug-likeness (QED) is 0.400. The van der Waals surface area contributed by atoms with Crippen LogP contribution in [0.1, 0.15) is 17.1 Å². The predicted octanol–water partition coefficient (Wildman–Crippen LogP) is 3.78. The second kappa shape index (κ2) is 9.23. The molecule has 0 radical (unpaired) electrons. The van der Waals surface area contributed by atoms with E-state index in [1.54, 1.807) is 34.2 Å². The van der Waals surface area contributed by atoms with Crippen LogP contribution >= 0.6 is 23.1 Å². The molecule has 11 heteroatoms. The molecule has 0 aliphatic carbocycles. The largest absolute Gasteiger partial charge is 0.481 e. The summed E-state index contributed by atoms with van der Waals surface area (Å²) < 4.78 is 28.3. The number of thiazole rings is 1. The number of benzene rings is 2. The molecular weight excluding hydrogens is 468 g/mol. The van der Waals surface area contributed by atoms with Gasteiger partial charge in [0.05, 0.1) is 17.0 Å². The van der Waals surface area contributed by atoms with E-state index in [-0.39, 0.29) is 22.9 Å². The number of nitrogens with zero attached hydrogens (tertiary/aromatic N) is 4. The topological polar surface area (TPSA) is 115 Å². The highest BCUT2D eigenvalue weighted by Crippen LogP contribution is 2.32. The molecule has 0 amide bonds. The van der Waals surface area contributed by atoms with Crippen molar-refractivity contribution in [3.8, 4) is 5.69 Å². The zero-order valence-electron chi connectivity index (χ0n) is 16.9. The van der Waals surface area contributed by atoms with E-state index in [0.29, 0.717) is 15.2 Å². The minimum Gasteiger partial charge on any atom is -0.481 e. The molecule has 0 aliphatic rings. The van der Waals surface area contributed by atoms with E-state index in [1.807, 2.05) is 37.3 Å². The fourth-order valence-electron chi connectivity index (χ4n) is 2.94. The summed E-state index contributed by atoms with van der Waals surface area (Å²) in [5.74, 6) is -0.995. The number of aryl methyl sites for hydroxylation is 1. The molecule has 0 aliphatic heterocycles. The summed E-state index contributed by atoms with van der Waals surface area (Å²) in [4.78, 5) is 15.5. The lowest BCUT2D eigenvalue weighted by Gasteiger charge is -2.10. The fraction of sp³-hybridized carbons (Fsp3) is 0.143. The van der Waals surface area contributed by atoms with Crippen molar-refractivity contribution in [2.24, 2.45) is 0 Å². The molecule has 2 aromatic carbocycles. The van der Waals surface area contributed by atoms with Crippen molar-refractivity contribution in [2.75, 3.05) is 0 Å². The number of aliphatic carboxylic acids is 1. The number of para-hydroxylation sites is 1. The Hall–Kier alpha value is -3.02. The lowest BCUT2D eigenvalue weighted by atomic mass is 10.2. The van der Waals surface area contributed by atoms with E-state index in [0.717, 1.165) is 11.3 Å². The number of carbonyl (C=O) groups is 1. The Morgan fingerprint density at radius 3 is 2.50 bits per heavy atom. The van der Waals surface area contributed by atoms with Crippen LogP contribution in [-0.2, 0) is 26.8 Å². The highest BCUT2D eigenvalue weighted by Gasteiger charge is 2.23. The van der Waals surface area contributed by atoms with Crippen LogP contribution in [-0.4, -0.2) is 39.2 Å². The Morgan fingerprint density at radius 2 is 1.81 bits per heavy atom. The van der Waals surface area contributed by atoms with Gasteiger partial charge in [0, 0.05) is 11.1 Å². The molecule has 0 unspecified atom stereocenters. The van der Waals surface area contributed by atoms with E-state index in [2.05, 4.69) is 15.2 Å². The van der Waals surface area contributed by atoms with Crippen molar-refractivity contribution < 1.29 is 18.3 Å². The predicted molar refractivity (Wildman–Crippen MR) is 121 cm³/mol. The zero-order chi connectivity index (χ0) is 22.7. The molecule has 0 saturated heterocycles. The van der Waals surface area contributed by atoms with E-state index in [4.69, 9.17) is 5.11 Å². The normalized spacial score (nSPS) is 11.5. The number of carboxylic acids is 1. The Kier molecular flexibility index (Phi) is 6.40. The van der Waals surface area contributed by atoms with Crippen molar-refractivity contribution in [1.82, 2.24) is 19.7 Å². The lowest BCUT2D eigenvalue weighted by Crippen LogP contribution is -2.11. The van der Waals surface area contributed by atoms with Gasteiger partial charge in [-0.2, -0.15) is 0 Å². The van der Waals surface area contributed by atoms with E-state index >= 15 is 0 Å². The van der Waals surface area contributed by atoms with Gasteiger partial charge >= 0.3 is 5.97 Å². The molecule has 0 fully saturated rings. The van der Waals surface area contributed by atoms with Crippen LogP contribution in [0.5, 0.6) is 0 Å². The van der Waals surface area contributed by atoms with Gasteiger partial charge in [0.15, 0.2) is 20.0 Å². The summed E-state index contributed by atoms with van der Waals surface area (Å²) in [5.41, 5.74) is 2.15. The molecule has 0 saturated carbocycles. The Labute approximate surface area is 192 Å². The molecule has 0 spiro atoms. The van der Waals surface area contributed by atoms with Gasteiger partial charge in [-0.25, -0.2) is 13.4 Å². The molecule has 8 nitrogen and oxygen atoms in total. The molecule has 2 aromatic heterocycles. The number of sulfone groups is 1. The van der Waals surface area contributed by atoms with Gasteiger partial charge in [0.25, 0.3) is 0 Å². The Morgan fingerprint density at radius 1 is 1.09 bits per heavy atom. The molecule has 32 heavy (non-hydrogen) atoms. The zero-order valence-corrected chi connectivity index (χ0v) is 19.3. The molecule has 4 rings (SSSR count). The number of hydrogen-bond donors (Lipinski definition) is 1. The molecule has 0 atom stereocenters. The Bertz CT molecular complexity index is 1350. The smallest absolute Gasteiger partial charge is 0.309 e. The number of hydrogen-bond acceptors (Lipinski definition) is 8. The summed E-state index contributed by atoms with van der Waals surface area (Å²) in [6.07, 6.45) is -0.164. The second-order valence-electron chi connectivity index (χ2n) is 6.92. The number of carboxylic acid groups (broad SMARTS) is 1. The van der Waals surface area contributed by atoms with Crippen LogP contribution in [0.4, 0.5) is 0 Å². The highest BCUT2D eigenvalue weighted by atomic mass is 32.2. The van der Waals surface area contributed by atoms with Crippen molar-refractivity contribution in [3.63, 3.8) is 0 Å². The van der Waals surface area contributed by atoms with Crippen LogP contribution in [0.2, 0.25) is 0 Å². The van der Waals surface area contributed by atoms with Gasteiger partial charge in [-0.05, 0) is 43.0 Å². The number of rotatable bonds is 8. The summed E-state index contributed by atoms with van der Waals surface area (Å²) >= 11 is 2.51. The third-order valence-electron chi connectivity index (χ3n) is 4.46. The third kappa shape index (κ3) is 5.06. The summed E-state index contributed by atoms with van der Waals surface area (Å²) in [6, 6.07) is 15.9. The van der Waals surface area contributed by atoms with Gasteiger partial charge in [-0.15, -0.1) is 21.5 Å². The maximum absolute atomic E-state index is 13.0. The van der Waals surface area contributed by atoms with Crippen molar-refractivity contribution in [3.05, 3.63) is 77.1 Å².